The first-order valence-corrected chi connectivity index (χ1v) is 7.88. The van der Waals surface area contributed by atoms with Crippen LogP contribution in [-0.4, -0.2) is 78.6 Å². The van der Waals surface area contributed by atoms with Crippen LogP contribution in [0.3, 0.4) is 0 Å². The summed E-state index contributed by atoms with van der Waals surface area (Å²) in [5, 5.41) is 3.53. The zero-order chi connectivity index (χ0) is 14.9. The molecule has 2 saturated heterocycles. The summed E-state index contributed by atoms with van der Waals surface area (Å²) in [6.45, 7) is 10.3. The molecule has 0 spiro atoms. The Labute approximate surface area is 123 Å². The van der Waals surface area contributed by atoms with Gasteiger partial charge in [-0.1, -0.05) is 13.8 Å². The first kappa shape index (κ1) is 15.7. The Balaban J connectivity index is 2.08. The van der Waals surface area contributed by atoms with E-state index in [2.05, 4.69) is 48.0 Å². The molecular weight excluding hydrogens is 252 g/mol. The van der Waals surface area contributed by atoms with Crippen LogP contribution in [0.25, 0.3) is 0 Å². The van der Waals surface area contributed by atoms with Crippen molar-refractivity contribution < 1.29 is 4.79 Å². The lowest BCUT2D eigenvalue weighted by Crippen LogP contribution is -2.56. The smallest absolute Gasteiger partial charge is 0.243 e. The van der Waals surface area contributed by atoms with E-state index in [-0.39, 0.29) is 17.6 Å². The highest BCUT2D eigenvalue weighted by molar-refractivity contribution is 5.88. The Kier molecular flexibility index (Phi) is 4.72. The summed E-state index contributed by atoms with van der Waals surface area (Å²) in [5.74, 6) is 0.272. The molecule has 2 rings (SSSR count). The first-order valence-electron chi connectivity index (χ1n) is 7.88. The molecule has 20 heavy (non-hydrogen) atoms. The van der Waals surface area contributed by atoms with Crippen molar-refractivity contribution in [1.82, 2.24) is 20.0 Å². The molecule has 0 radical (unpaired) electrons. The monoisotopic (exact) mass is 282 g/mol. The Bertz CT molecular complexity index is 362. The quantitative estimate of drug-likeness (QED) is 0.818. The zero-order valence-corrected chi connectivity index (χ0v) is 13.6. The van der Waals surface area contributed by atoms with Crippen molar-refractivity contribution in [3.05, 3.63) is 0 Å². The van der Waals surface area contributed by atoms with Crippen LogP contribution in [0.15, 0.2) is 0 Å². The summed E-state index contributed by atoms with van der Waals surface area (Å²) in [5.41, 5.74) is -0.375. The van der Waals surface area contributed by atoms with Crippen LogP contribution in [0.2, 0.25) is 0 Å². The number of carbonyl (C=O) groups is 1. The van der Waals surface area contributed by atoms with Crippen LogP contribution >= 0.6 is 0 Å². The van der Waals surface area contributed by atoms with Gasteiger partial charge in [-0.05, 0) is 33.9 Å². The van der Waals surface area contributed by atoms with Crippen molar-refractivity contribution in [2.24, 2.45) is 0 Å². The molecule has 116 valence electrons. The summed E-state index contributed by atoms with van der Waals surface area (Å²) in [4.78, 5) is 19.5. The second-order valence-corrected chi connectivity index (χ2v) is 6.61. The molecule has 2 aliphatic heterocycles. The van der Waals surface area contributed by atoms with E-state index < -0.39 is 0 Å². The highest BCUT2D eigenvalue weighted by atomic mass is 16.2. The number of amides is 1. The summed E-state index contributed by atoms with van der Waals surface area (Å²) in [7, 11) is 4.34. The topological polar surface area (TPSA) is 38.8 Å². The number of likely N-dealkylation sites (N-methyl/N-ethyl adjacent to an activating group) is 2. The third-order valence-electron chi connectivity index (χ3n) is 5.08. The molecule has 1 amide bonds. The summed E-state index contributed by atoms with van der Waals surface area (Å²) < 4.78 is 0. The normalized spacial score (nSPS) is 36.9. The maximum atomic E-state index is 12.7. The molecule has 5 heteroatoms. The molecular formula is C15H30N4O. The van der Waals surface area contributed by atoms with E-state index in [1.807, 2.05) is 6.92 Å². The molecule has 2 aliphatic rings. The largest absolute Gasteiger partial charge is 0.324 e. The van der Waals surface area contributed by atoms with E-state index >= 15 is 0 Å². The maximum absolute atomic E-state index is 12.7. The number of rotatable bonds is 4. The summed E-state index contributed by atoms with van der Waals surface area (Å²) >= 11 is 0. The van der Waals surface area contributed by atoms with E-state index in [0.717, 1.165) is 39.0 Å². The molecule has 0 bridgehead atoms. The predicted octanol–water partition coefficient (Wildman–Crippen LogP) is 0.569. The molecule has 3 unspecified atom stereocenters. The van der Waals surface area contributed by atoms with Crippen LogP contribution in [0.1, 0.15) is 33.6 Å². The van der Waals surface area contributed by atoms with Crippen molar-refractivity contribution in [2.75, 3.05) is 40.3 Å². The van der Waals surface area contributed by atoms with Gasteiger partial charge in [0, 0.05) is 32.2 Å². The van der Waals surface area contributed by atoms with E-state index in [4.69, 9.17) is 0 Å². The molecule has 2 heterocycles. The van der Waals surface area contributed by atoms with Crippen LogP contribution < -0.4 is 5.32 Å². The number of piperazine rings is 1. The zero-order valence-electron chi connectivity index (χ0n) is 13.6. The standard InChI is InChI=1S/C15H30N4O/c1-6-13-16-15(3,7-2)14(20)19(13)11-12-10-17(4)8-9-18(12)5/h12-13,16H,6-11H2,1-5H3. The van der Waals surface area contributed by atoms with Gasteiger partial charge in [-0.25, -0.2) is 0 Å². The molecule has 2 fully saturated rings. The molecule has 0 aromatic carbocycles. The van der Waals surface area contributed by atoms with Gasteiger partial charge in [-0.2, -0.15) is 0 Å². The summed E-state index contributed by atoms with van der Waals surface area (Å²) in [6, 6.07) is 0.438. The van der Waals surface area contributed by atoms with Crippen molar-refractivity contribution in [3.8, 4) is 0 Å². The van der Waals surface area contributed by atoms with Gasteiger partial charge in [0.2, 0.25) is 5.91 Å². The lowest BCUT2D eigenvalue weighted by molar-refractivity contribution is -0.134. The van der Waals surface area contributed by atoms with Crippen molar-refractivity contribution in [2.45, 2.75) is 51.4 Å². The first-order chi connectivity index (χ1) is 9.41. The number of nitrogens with one attached hydrogen (secondary N) is 1. The molecule has 1 N–H and O–H groups in total. The highest BCUT2D eigenvalue weighted by Crippen LogP contribution is 2.26. The van der Waals surface area contributed by atoms with Gasteiger partial charge in [0.1, 0.15) is 0 Å². The molecule has 0 aromatic heterocycles. The van der Waals surface area contributed by atoms with Gasteiger partial charge >= 0.3 is 0 Å². The molecule has 3 atom stereocenters. The van der Waals surface area contributed by atoms with Crippen LogP contribution in [0, 0.1) is 0 Å². The lowest BCUT2D eigenvalue weighted by atomic mass is 9.99. The fourth-order valence-corrected chi connectivity index (χ4v) is 3.28. The second kappa shape index (κ2) is 6.00. The fourth-order valence-electron chi connectivity index (χ4n) is 3.28. The number of carbonyl (C=O) groups excluding carboxylic acids is 1. The van der Waals surface area contributed by atoms with Crippen LogP contribution in [0.4, 0.5) is 0 Å². The maximum Gasteiger partial charge on any atom is 0.243 e. The second-order valence-electron chi connectivity index (χ2n) is 6.61. The third-order valence-corrected chi connectivity index (χ3v) is 5.08. The molecule has 0 saturated carbocycles. The van der Waals surface area contributed by atoms with E-state index in [9.17, 15) is 4.79 Å². The molecule has 0 aromatic rings. The van der Waals surface area contributed by atoms with E-state index in [1.54, 1.807) is 0 Å². The van der Waals surface area contributed by atoms with Gasteiger partial charge in [-0.3, -0.25) is 15.0 Å². The fraction of sp³-hybridized carbons (Fsp3) is 0.933. The number of nitrogens with zero attached hydrogens (tertiary/aromatic N) is 3. The SMILES string of the molecule is CCC1NC(C)(CC)C(=O)N1CC1CN(C)CCN1C. The Hall–Kier alpha value is -0.650. The van der Waals surface area contributed by atoms with Gasteiger partial charge in [0.15, 0.2) is 0 Å². The summed E-state index contributed by atoms with van der Waals surface area (Å²) in [6.07, 6.45) is 2.00. The lowest BCUT2D eigenvalue weighted by Gasteiger charge is -2.40. The van der Waals surface area contributed by atoms with Gasteiger partial charge < -0.3 is 9.80 Å². The minimum atomic E-state index is -0.375. The van der Waals surface area contributed by atoms with Crippen LogP contribution in [0.5, 0.6) is 0 Å². The number of hydrogen-bond acceptors (Lipinski definition) is 4. The van der Waals surface area contributed by atoms with E-state index in [1.165, 1.54) is 0 Å². The van der Waals surface area contributed by atoms with E-state index in [0.29, 0.717) is 6.04 Å². The third kappa shape index (κ3) is 2.85. The predicted molar refractivity (Wildman–Crippen MR) is 81.5 cm³/mol. The van der Waals surface area contributed by atoms with Gasteiger partial charge in [0.25, 0.3) is 0 Å². The van der Waals surface area contributed by atoms with Gasteiger partial charge in [-0.15, -0.1) is 0 Å². The molecule has 0 aliphatic carbocycles. The van der Waals surface area contributed by atoms with Crippen molar-refractivity contribution >= 4 is 5.91 Å². The van der Waals surface area contributed by atoms with Crippen molar-refractivity contribution in [1.29, 1.82) is 0 Å². The Morgan fingerprint density at radius 1 is 1.30 bits per heavy atom. The average molecular weight is 282 g/mol. The highest BCUT2D eigenvalue weighted by Gasteiger charge is 2.46. The minimum absolute atomic E-state index is 0.188. The molecule has 5 nitrogen and oxygen atoms in total. The Morgan fingerprint density at radius 2 is 2.00 bits per heavy atom. The average Bonchev–Trinajstić information content (AvgIpc) is 2.68. The Morgan fingerprint density at radius 3 is 2.60 bits per heavy atom. The minimum Gasteiger partial charge on any atom is -0.324 e. The number of hydrogen-bond donors (Lipinski definition) is 1. The van der Waals surface area contributed by atoms with Crippen LogP contribution in [-0.2, 0) is 4.79 Å². The van der Waals surface area contributed by atoms with Gasteiger partial charge in [0.05, 0.1) is 11.7 Å². The van der Waals surface area contributed by atoms with Crippen molar-refractivity contribution in [3.63, 3.8) is 0 Å².